The number of hydrogen-bond donors (Lipinski definition) is 1. The van der Waals surface area contributed by atoms with Crippen molar-refractivity contribution < 1.29 is 14.6 Å². The number of benzene rings is 2. The largest absolute Gasteiger partial charge is 0.480 e. The molecule has 40 heavy (non-hydrogen) atoms. The summed E-state index contributed by atoms with van der Waals surface area (Å²) in [4.78, 5) is 31.8. The number of halogens is 2. The second kappa shape index (κ2) is 9.76. The molecule has 0 spiro atoms. The van der Waals surface area contributed by atoms with Gasteiger partial charge in [0, 0.05) is 36.4 Å². The van der Waals surface area contributed by atoms with Crippen molar-refractivity contribution in [2.24, 2.45) is 0 Å². The number of nitrogens with zero attached hydrogens (tertiary/aromatic N) is 6. The second-order valence-corrected chi connectivity index (χ2v) is 11.1. The standard InChI is InChI=1S/C29H28Cl2N6O3/c1-14(2)36-25-22(33-26(36)19-13-32-29(34-27(19)40-5)35(4)10-11-38)28(39)37-23-15(3)6-9-20(31)21(23)18-12-16(30)7-8-17(18)24(25)37/h6-9,12-14,24,38H,10-11H2,1-5H3. The maximum atomic E-state index is 14.2. The Morgan fingerprint density at radius 3 is 2.62 bits per heavy atom. The molecule has 1 atom stereocenters. The van der Waals surface area contributed by atoms with Crippen LogP contribution in [0.25, 0.3) is 22.5 Å². The molecular weight excluding hydrogens is 551 g/mol. The van der Waals surface area contributed by atoms with E-state index in [1.807, 2.05) is 42.2 Å². The average Bonchev–Trinajstić information content (AvgIpc) is 3.45. The number of fused-ring (bicyclic) bond motifs is 8. The van der Waals surface area contributed by atoms with E-state index >= 15 is 0 Å². The molecule has 11 heteroatoms. The van der Waals surface area contributed by atoms with Crippen LogP contribution in [0.1, 0.15) is 53.2 Å². The van der Waals surface area contributed by atoms with Gasteiger partial charge in [0.25, 0.3) is 5.91 Å². The van der Waals surface area contributed by atoms with Gasteiger partial charge in [0.15, 0.2) is 5.69 Å². The van der Waals surface area contributed by atoms with E-state index in [0.29, 0.717) is 45.5 Å². The number of carbonyl (C=O) groups is 1. The van der Waals surface area contributed by atoms with Crippen LogP contribution in [0.2, 0.25) is 10.0 Å². The first kappa shape index (κ1) is 26.6. The Hall–Kier alpha value is -3.66. The zero-order valence-corrected chi connectivity index (χ0v) is 24.2. The number of ether oxygens (including phenoxy) is 1. The van der Waals surface area contributed by atoms with Gasteiger partial charge in [0.1, 0.15) is 11.9 Å². The average molecular weight is 579 g/mol. The molecule has 6 rings (SSSR count). The summed E-state index contributed by atoms with van der Waals surface area (Å²) in [6, 6.07) is 9.01. The maximum Gasteiger partial charge on any atom is 0.279 e. The Balaban J connectivity index is 1.60. The summed E-state index contributed by atoms with van der Waals surface area (Å²) < 4.78 is 7.73. The zero-order valence-electron chi connectivity index (χ0n) is 22.7. The summed E-state index contributed by atoms with van der Waals surface area (Å²) in [6.07, 6.45) is 1.65. The van der Waals surface area contributed by atoms with E-state index in [9.17, 15) is 9.90 Å². The Morgan fingerprint density at radius 1 is 1.15 bits per heavy atom. The maximum absolute atomic E-state index is 14.2. The van der Waals surface area contributed by atoms with Gasteiger partial charge in [0.05, 0.1) is 35.7 Å². The highest BCUT2D eigenvalue weighted by Gasteiger charge is 2.49. The van der Waals surface area contributed by atoms with Crippen LogP contribution in [0, 0.1) is 6.92 Å². The summed E-state index contributed by atoms with van der Waals surface area (Å²) in [5.74, 6) is 1.08. The molecule has 0 fully saturated rings. The van der Waals surface area contributed by atoms with Gasteiger partial charge in [0.2, 0.25) is 11.8 Å². The Labute approximate surface area is 242 Å². The Morgan fingerprint density at radius 2 is 1.93 bits per heavy atom. The molecule has 0 saturated carbocycles. The van der Waals surface area contributed by atoms with E-state index in [0.717, 1.165) is 33.6 Å². The fourth-order valence-electron chi connectivity index (χ4n) is 5.77. The van der Waals surface area contributed by atoms with Gasteiger partial charge < -0.3 is 19.3 Å². The van der Waals surface area contributed by atoms with Crippen molar-refractivity contribution in [3.8, 4) is 28.4 Å². The van der Waals surface area contributed by atoms with Crippen LogP contribution in [0.5, 0.6) is 5.88 Å². The fourth-order valence-corrected chi connectivity index (χ4v) is 6.19. The monoisotopic (exact) mass is 578 g/mol. The number of anilines is 2. The predicted octanol–water partition coefficient (Wildman–Crippen LogP) is 5.70. The molecule has 0 radical (unpaired) electrons. The molecule has 2 aromatic carbocycles. The first-order valence-corrected chi connectivity index (χ1v) is 13.7. The minimum Gasteiger partial charge on any atom is -0.480 e. The molecule has 0 aliphatic carbocycles. The van der Waals surface area contributed by atoms with E-state index in [2.05, 4.69) is 28.4 Å². The number of likely N-dealkylation sites (N-methyl/N-ethyl adjacent to an activating group) is 1. The number of amides is 1. The van der Waals surface area contributed by atoms with Crippen molar-refractivity contribution >= 4 is 40.7 Å². The smallest absolute Gasteiger partial charge is 0.279 e. The lowest BCUT2D eigenvalue weighted by molar-refractivity contribution is 0.0989. The number of aromatic nitrogens is 4. The molecule has 4 heterocycles. The highest BCUT2D eigenvalue weighted by Crippen LogP contribution is 2.56. The minimum absolute atomic E-state index is 0.0328. The molecule has 1 unspecified atom stereocenters. The topological polar surface area (TPSA) is 96.6 Å². The molecule has 2 aromatic heterocycles. The Bertz CT molecular complexity index is 1680. The molecule has 2 aliphatic rings. The zero-order chi connectivity index (χ0) is 28.5. The van der Waals surface area contributed by atoms with Crippen LogP contribution >= 0.6 is 23.2 Å². The van der Waals surface area contributed by atoms with Gasteiger partial charge in [-0.05, 0) is 55.7 Å². The number of aliphatic hydroxyl groups excluding tert-OH is 1. The van der Waals surface area contributed by atoms with Gasteiger partial charge in [-0.15, -0.1) is 0 Å². The lowest BCUT2D eigenvalue weighted by Gasteiger charge is -2.36. The van der Waals surface area contributed by atoms with Gasteiger partial charge in [-0.25, -0.2) is 9.97 Å². The van der Waals surface area contributed by atoms with Gasteiger partial charge in [-0.1, -0.05) is 35.3 Å². The van der Waals surface area contributed by atoms with Crippen LogP contribution in [0.15, 0.2) is 36.5 Å². The first-order chi connectivity index (χ1) is 19.2. The number of rotatable bonds is 6. The number of methoxy groups -OCH3 is 1. The summed E-state index contributed by atoms with van der Waals surface area (Å²) >= 11 is 13.2. The summed E-state index contributed by atoms with van der Waals surface area (Å²) in [5, 5.41) is 10.5. The number of imidazole rings is 1. The minimum atomic E-state index is -0.426. The number of aliphatic hydroxyl groups is 1. The molecule has 0 saturated heterocycles. The third kappa shape index (κ3) is 3.79. The molecule has 9 nitrogen and oxygen atoms in total. The quantitative estimate of drug-likeness (QED) is 0.313. The highest BCUT2D eigenvalue weighted by atomic mass is 35.5. The van der Waals surface area contributed by atoms with Crippen molar-refractivity contribution in [1.82, 2.24) is 19.5 Å². The van der Waals surface area contributed by atoms with E-state index in [4.69, 9.17) is 32.9 Å². The van der Waals surface area contributed by atoms with Gasteiger partial charge in [-0.2, -0.15) is 4.98 Å². The van der Waals surface area contributed by atoms with Crippen LogP contribution in [-0.2, 0) is 0 Å². The lowest BCUT2D eigenvalue weighted by Crippen LogP contribution is -2.34. The normalized spacial score (nSPS) is 15.2. The summed E-state index contributed by atoms with van der Waals surface area (Å²) in [6.45, 7) is 6.42. The lowest BCUT2D eigenvalue weighted by atomic mass is 9.86. The summed E-state index contributed by atoms with van der Waals surface area (Å²) in [5.41, 5.74) is 6.03. The van der Waals surface area contributed by atoms with Crippen molar-refractivity contribution in [2.75, 3.05) is 37.1 Å². The SMILES string of the molecule is COc1nc(N(C)CCO)ncc1-c1nc2c(n1C(C)C)C1c3ccc(Cl)cc3-c3c(Cl)ccc(C)c3N1C2=O. The molecule has 1 N–H and O–H groups in total. The first-order valence-electron chi connectivity index (χ1n) is 13.0. The highest BCUT2D eigenvalue weighted by molar-refractivity contribution is 6.35. The number of hydrogen-bond acceptors (Lipinski definition) is 7. The van der Waals surface area contributed by atoms with Crippen LogP contribution in [0.3, 0.4) is 0 Å². The van der Waals surface area contributed by atoms with E-state index in [1.165, 1.54) is 7.11 Å². The fraction of sp³-hybridized carbons (Fsp3) is 0.310. The Kier molecular flexibility index (Phi) is 6.48. The van der Waals surface area contributed by atoms with Crippen LogP contribution in [-0.4, -0.2) is 57.8 Å². The molecule has 0 bridgehead atoms. The van der Waals surface area contributed by atoms with Crippen LogP contribution < -0.4 is 14.5 Å². The van der Waals surface area contributed by atoms with E-state index in [-0.39, 0.29) is 18.6 Å². The summed E-state index contributed by atoms with van der Waals surface area (Å²) in [7, 11) is 3.33. The van der Waals surface area contributed by atoms with Crippen molar-refractivity contribution in [1.29, 1.82) is 0 Å². The van der Waals surface area contributed by atoms with E-state index < -0.39 is 6.04 Å². The predicted molar refractivity (Wildman–Crippen MR) is 156 cm³/mol. The van der Waals surface area contributed by atoms with Crippen LogP contribution in [0.4, 0.5) is 11.6 Å². The third-order valence-corrected chi connectivity index (χ3v) is 8.05. The van der Waals surface area contributed by atoms with Crippen molar-refractivity contribution in [2.45, 2.75) is 32.9 Å². The van der Waals surface area contributed by atoms with Gasteiger partial charge >= 0.3 is 0 Å². The van der Waals surface area contributed by atoms with Gasteiger partial charge in [-0.3, -0.25) is 9.69 Å². The molecule has 4 aromatic rings. The van der Waals surface area contributed by atoms with E-state index in [1.54, 1.807) is 18.1 Å². The third-order valence-electron chi connectivity index (χ3n) is 7.50. The second-order valence-electron chi connectivity index (χ2n) is 10.3. The number of carbonyl (C=O) groups excluding carboxylic acids is 1. The molecule has 206 valence electrons. The molecule has 1 amide bonds. The van der Waals surface area contributed by atoms with Crippen molar-refractivity contribution in [3.05, 3.63) is 69.1 Å². The van der Waals surface area contributed by atoms with Crippen molar-refractivity contribution in [3.63, 3.8) is 0 Å². The number of aryl methyl sites for hydroxylation is 1. The molecular formula is C29H28Cl2N6O3. The molecule has 2 aliphatic heterocycles.